The predicted molar refractivity (Wildman–Crippen MR) is 99.2 cm³/mol. The van der Waals surface area contributed by atoms with Gasteiger partial charge >= 0.3 is 0 Å². The highest BCUT2D eigenvalue weighted by Crippen LogP contribution is 2.21. The lowest BCUT2D eigenvalue weighted by atomic mass is 10.2. The molecule has 11 heteroatoms. The number of rotatable bonds is 6. The summed E-state index contributed by atoms with van der Waals surface area (Å²) in [5.41, 5.74) is 12.8. The highest BCUT2D eigenvalue weighted by atomic mass is 16.3. The van der Waals surface area contributed by atoms with Crippen LogP contribution in [-0.2, 0) is 0 Å². The van der Waals surface area contributed by atoms with Gasteiger partial charge < -0.3 is 26.6 Å². The average molecular weight is 357 g/mol. The highest BCUT2D eigenvalue weighted by molar-refractivity contribution is 6.23. The van der Waals surface area contributed by atoms with Crippen molar-refractivity contribution in [3.63, 3.8) is 0 Å². The molecule has 0 saturated carbocycles. The Hall–Kier alpha value is -3.18. The van der Waals surface area contributed by atoms with Crippen molar-refractivity contribution in [2.24, 2.45) is 41.7 Å². The smallest absolute Gasteiger partial charge is 0.267 e. The zero-order valence-corrected chi connectivity index (χ0v) is 13.9. The van der Waals surface area contributed by atoms with Crippen molar-refractivity contribution in [3.05, 3.63) is 24.3 Å². The first-order valence-corrected chi connectivity index (χ1v) is 7.94. The molecule has 1 unspecified atom stereocenters. The highest BCUT2D eigenvalue weighted by Gasteiger charge is 2.29. The third kappa shape index (κ3) is 3.90. The molecule has 0 saturated heterocycles. The predicted octanol–water partition coefficient (Wildman–Crippen LogP) is -0.617. The summed E-state index contributed by atoms with van der Waals surface area (Å²) in [6.45, 7) is 0.873. The van der Waals surface area contributed by atoms with Crippen molar-refractivity contribution in [1.29, 1.82) is 0 Å². The van der Waals surface area contributed by atoms with E-state index in [9.17, 15) is 0 Å². The van der Waals surface area contributed by atoms with Crippen LogP contribution >= 0.6 is 0 Å². The summed E-state index contributed by atoms with van der Waals surface area (Å²) >= 11 is 0. The van der Waals surface area contributed by atoms with Crippen molar-refractivity contribution in [3.8, 4) is 0 Å². The molecule has 26 heavy (non-hydrogen) atoms. The van der Waals surface area contributed by atoms with Crippen molar-refractivity contribution in [2.75, 3.05) is 31.2 Å². The molecule has 3 rings (SSSR count). The van der Waals surface area contributed by atoms with E-state index >= 15 is 0 Å². The van der Waals surface area contributed by atoms with Gasteiger partial charge in [0.15, 0.2) is 11.9 Å². The molecule has 2 heterocycles. The van der Waals surface area contributed by atoms with Crippen molar-refractivity contribution in [1.82, 2.24) is 0 Å². The summed E-state index contributed by atoms with van der Waals surface area (Å²) in [7, 11) is 0. The largest absolute Gasteiger partial charge is 0.395 e. The lowest BCUT2D eigenvalue weighted by molar-refractivity contribution is 0.281. The van der Waals surface area contributed by atoms with Gasteiger partial charge in [0.05, 0.1) is 18.9 Å². The van der Waals surface area contributed by atoms with Crippen LogP contribution in [0.5, 0.6) is 0 Å². The molecule has 0 aliphatic carbocycles. The van der Waals surface area contributed by atoms with E-state index in [1.54, 1.807) is 12.1 Å². The number of anilines is 1. The van der Waals surface area contributed by atoms with Crippen LogP contribution in [0.25, 0.3) is 0 Å². The fourth-order valence-corrected chi connectivity index (χ4v) is 2.48. The minimum Gasteiger partial charge on any atom is -0.395 e. The SMILES string of the molecule is NC1=NC2=NC(N=Nc3ccc(N(CCO)CCO)cc3)=NC2C(N)=N1. The second kappa shape index (κ2) is 7.80. The Labute approximate surface area is 149 Å². The summed E-state index contributed by atoms with van der Waals surface area (Å²) in [5.74, 6) is 0.756. The first-order chi connectivity index (χ1) is 12.6. The summed E-state index contributed by atoms with van der Waals surface area (Å²) in [5, 5.41) is 26.3. The molecule has 0 fully saturated rings. The van der Waals surface area contributed by atoms with E-state index in [-0.39, 0.29) is 31.0 Å². The molecule has 0 amide bonds. The Kier molecular flexibility index (Phi) is 5.29. The van der Waals surface area contributed by atoms with Crippen molar-refractivity contribution < 1.29 is 10.2 Å². The Bertz CT molecular complexity index is 805. The molecular weight excluding hydrogens is 338 g/mol. The molecule has 2 aliphatic rings. The number of amidine groups is 2. The maximum absolute atomic E-state index is 9.09. The Morgan fingerprint density at radius 1 is 0.962 bits per heavy atom. The normalized spacial score (nSPS) is 18.9. The van der Waals surface area contributed by atoms with Crippen LogP contribution in [-0.4, -0.2) is 66.1 Å². The number of aliphatic imine (C=N–C) groups is 4. The standard InChI is InChI=1S/C15H19N9O2/c16-12-11-13(20-14(17)19-12)21-15(18-11)23-22-9-1-3-10(4-2-9)24(5-7-25)6-8-26/h1-4,11,25-26H,5-8H2,(H4,16,17,18,19,20,21). The van der Waals surface area contributed by atoms with Crippen LogP contribution in [0.1, 0.15) is 0 Å². The topological polar surface area (TPSA) is 170 Å². The van der Waals surface area contributed by atoms with Gasteiger partial charge in [-0.2, -0.15) is 15.0 Å². The molecular formula is C15H19N9O2. The number of nitrogens with zero attached hydrogens (tertiary/aromatic N) is 7. The number of fused-ring (bicyclic) bond motifs is 1. The van der Waals surface area contributed by atoms with Crippen LogP contribution in [0.2, 0.25) is 0 Å². The van der Waals surface area contributed by atoms with Crippen molar-refractivity contribution >= 4 is 35.0 Å². The van der Waals surface area contributed by atoms with E-state index < -0.39 is 6.04 Å². The van der Waals surface area contributed by atoms with Gasteiger partial charge in [0.1, 0.15) is 5.84 Å². The van der Waals surface area contributed by atoms with Gasteiger partial charge in [-0.3, -0.25) is 0 Å². The molecule has 11 nitrogen and oxygen atoms in total. The van der Waals surface area contributed by atoms with Gasteiger partial charge in [0.2, 0.25) is 5.96 Å². The first-order valence-electron chi connectivity index (χ1n) is 7.94. The summed E-state index contributed by atoms with van der Waals surface area (Å²) < 4.78 is 0. The molecule has 0 aromatic heterocycles. The van der Waals surface area contributed by atoms with Crippen molar-refractivity contribution in [2.45, 2.75) is 6.04 Å². The first kappa shape index (κ1) is 17.6. The van der Waals surface area contributed by atoms with Crippen LogP contribution in [0, 0.1) is 0 Å². The summed E-state index contributed by atoms with van der Waals surface area (Å²) in [6, 6.07) is 6.63. The number of aliphatic hydroxyl groups excluding tert-OH is 2. The molecule has 136 valence electrons. The molecule has 6 N–H and O–H groups in total. The van der Waals surface area contributed by atoms with Gasteiger partial charge in [-0.05, 0) is 24.3 Å². The minimum atomic E-state index is -0.566. The number of nitrogens with two attached hydrogens (primary N) is 2. The summed E-state index contributed by atoms with van der Waals surface area (Å²) in [4.78, 5) is 18.0. The maximum Gasteiger partial charge on any atom is 0.267 e. The fourth-order valence-electron chi connectivity index (χ4n) is 2.48. The third-order valence-electron chi connectivity index (χ3n) is 3.67. The Balaban J connectivity index is 1.70. The summed E-state index contributed by atoms with van der Waals surface area (Å²) in [6.07, 6.45) is 0. The van der Waals surface area contributed by atoms with E-state index in [4.69, 9.17) is 21.7 Å². The number of azo groups is 1. The minimum absolute atomic E-state index is 0.00220. The van der Waals surface area contributed by atoms with Gasteiger partial charge in [-0.15, -0.1) is 10.2 Å². The zero-order valence-electron chi connectivity index (χ0n) is 13.9. The number of hydrogen-bond acceptors (Lipinski definition) is 11. The van der Waals surface area contributed by atoms with E-state index in [0.29, 0.717) is 24.6 Å². The van der Waals surface area contributed by atoms with E-state index in [0.717, 1.165) is 5.69 Å². The van der Waals surface area contributed by atoms with E-state index in [2.05, 4.69) is 30.2 Å². The van der Waals surface area contributed by atoms with Gasteiger partial charge in [0.25, 0.3) is 5.96 Å². The van der Waals surface area contributed by atoms with Crippen LogP contribution in [0.3, 0.4) is 0 Å². The molecule has 0 radical (unpaired) electrons. The Morgan fingerprint density at radius 3 is 2.31 bits per heavy atom. The molecule has 0 spiro atoms. The molecule has 2 aliphatic heterocycles. The number of benzene rings is 1. The third-order valence-corrected chi connectivity index (χ3v) is 3.67. The lowest BCUT2D eigenvalue weighted by Crippen LogP contribution is -2.38. The van der Waals surface area contributed by atoms with Crippen LogP contribution in [0.15, 0.2) is 54.5 Å². The monoisotopic (exact) mass is 357 g/mol. The molecule has 1 aromatic rings. The zero-order chi connectivity index (χ0) is 18.5. The fraction of sp³-hybridized carbons (Fsp3) is 0.333. The van der Waals surface area contributed by atoms with E-state index in [1.807, 2.05) is 17.0 Å². The van der Waals surface area contributed by atoms with Gasteiger partial charge in [-0.25, -0.2) is 4.99 Å². The number of guanidine groups is 2. The second-order valence-corrected chi connectivity index (χ2v) is 5.46. The molecule has 0 bridgehead atoms. The average Bonchev–Trinajstić information content (AvgIpc) is 3.03. The van der Waals surface area contributed by atoms with Gasteiger partial charge in [0, 0.05) is 18.8 Å². The second-order valence-electron chi connectivity index (χ2n) is 5.46. The van der Waals surface area contributed by atoms with Crippen LogP contribution < -0.4 is 16.4 Å². The Morgan fingerprint density at radius 2 is 1.65 bits per heavy atom. The molecule has 1 atom stereocenters. The number of aliphatic hydroxyl groups is 2. The van der Waals surface area contributed by atoms with E-state index in [1.165, 1.54) is 0 Å². The van der Waals surface area contributed by atoms with Gasteiger partial charge in [-0.1, -0.05) is 0 Å². The number of hydrogen-bond donors (Lipinski definition) is 4. The lowest BCUT2D eigenvalue weighted by Gasteiger charge is -2.22. The quantitative estimate of drug-likeness (QED) is 0.496. The molecule has 1 aromatic carbocycles. The maximum atomic E-state index is 9.09. The van der Waals surface area contributed by atoms with Crippen LogP contribution in [0.4, 0.5) is 11.4 Å².